The monoisotopic (exact) mass is 431 g/mol. The van der Waals surface area contributed by atoms with Crippen molar-refractivity contribution < 1.29 is 34.2 Å². The number of carboxylic acid groups (broad SMARTS) is 1. The first-order valence-corrected chi connectivity index (χ1v) is 9.58. The van der Waals surface area contributed by atoms with Crippen LogP contribution in [0, 0.1) is 11.8 Å². The molecule has 0 aliphatic rings. The minimum Gasteiger partial charge on any atom is -0.480 e. The molecule has 0 aromatic rings. The molecule has 12 nitrogen and oxygen atoms in total. The zero-order valence-corrected chi connectivity index (χ0v) is 17.7. The number of aliphatic carboxylic acids is 1. The fourth-order valence-corrected chi connectivity index (χ4v) is 2.54. The zero-order chi connectivity index (χ0) is 23.6. The summed E-state index contributed by atoms with van der Waals surface area (Å²) in [5, 5.41) is 24.9. The molecular formula is C18H33N5O7. The average molecular weight is 431 g/mol. The number of nitrogens with one attached hydrogen (secondary N) is 3. The second kappa shape index (κ2) is 12.8. The lowest BCUT2D eigenvalue weighted by Crippen LogP contribution is -2.59. The highest BCUT2D eigenvalue weighted by Gasteiger charge is 2.32. The second-order valence-corrected chi connectivity index (χ2v) is 7.78. The number of carbonyl (C=O) groups is 5. The van der Waals surface area contributed by atoms with Gasteiger partial charge in [0.2, 0.25) is 23.6 Å². The molecular weight excluding hydrogens is 398 g/mol. The van der Waals surface area contributed by atoms with E-state index in [-0.39, 0.29) is 5.92 Å². The maximum atomic E-state index is 12.6. The number of hydrogen-bond acceptors (Lipinski definition) is 7. The summed E-state index contributed by atoms with van der Waals surface area (Å²) in [4.78, 5) is 59.6. The molecule has 4 atom stereocenters. The third kappa shape index (κ3) is 9.65. The van der Waals surface area contributed by atoms with E-state index in [2.05, 4.69) is 16.0 Å². The molecule has 0 saturated carbocycles. The fraction of sp³-hybridized carbons (Fsp3) is 0.722. The van der Waals surface area contributed by atoms with Gasteiger partial charge in [0.15, 0.2) is 0 Å². The Hall–Kier alpha value is -2.73. The first-order valence-electron chi connectivity index (χ1n) is 9.58. The number of aliphatic hydroxyl groups excluding tert-OH is 1. The van der Waals surface area contributed by atoms with E-state index in [1.165, 1.54) is 0 Å². The molecule has 0 aromatic heterocycles. The van der Waals surface area contributed by atoms with Crippen LogP contribution >= 0.6 is 0 Å². The molecule has 0 aliphatic heterocycles. The van der Waals surface area contributed by atoms with Gasteiger partial charge in [-0.3, -0.25) is 19.2 Å². The highest BCUT2D eigenvalue weighted by atomic mass is 16.4. The van der Waals surface area contributed by atoms with Crippen molar-refractivity contribution in [2.45, 2.75) is 64.7 Å². The maximum Gasteiger partial charge on any atom is 0.328 e. The smallest absolute Gasteiger partial charge is 0.328 e. The summed E-state index contributed by atoms with van der Waals surface area (Å²) in [6.45, 7) is 6.08. The summed E-state index contributed by atoms with van der Waals surface area (Å²) < 4.78 is 0. The molecule has 0 rings (SSSR count). The van der Waals surface area contributed by atoms with Crippen LogP contribution in [0.1, 0.15) is 40.5 Å². The number of carbonyl (C=O) groups excluding carboxylic acids is 4. The number of nitrogens with two attached hydrogens (primary N) is 2. The predicted molar refractivity (Wildman–Crippen MR) is 107 cm³/mol. The van der Waals surface area contributed by atoms with Gasteiger partial charge in [0.1, 0.15) is 18.1 Å². The quantitative estimate of drug-likeness (QED) is 0.164. The third-order valence-electron chi connectivity index (χ3n) is 4.14. The lowest BCUT2D eigenvalue weighted by molar-refractivity contribution is -0.143. The van der Waals surface area contributed by atoms with Crippen LogP contribution in [-0.4, -0.2) is 70.6 Å². The van der Waals surface area contributed by atoms with Crippen LogP contribution in [0.25, 0.3) is 0 Å². The Morgan fingerprint density at radius 1 is 0.867 bits per heavy atom. The molecule has 9 N–H and O–H groups in total. The Labute approximate surface area is 175 Å². The van der Waals surface area contributed by atoms with E-state index >= 15 is 0 Å². The number of primary amides is 1. The van der Waals surface area contributed by atoms with Gasteiger partial charge in [-0.05, 0) is 18.3 Å². The van der Waals surface area contributed by atoms with Crippen molar-refractivity contribution >= 4 is 29.6 Å². The lowest BCUT2D eigenvalue weighted by atomic mass is 10.0. The molecule has 4 amide bonds. The van der Waals surface area contributed by atoms with Crippen LogP contribution in [0.3, 0.4) is 0 Å². The SMILES string of the molecule is CC(C)CC(N)C(=O)NC(CC(N)=O)C(=O)NC(C(=O)NC(CO)C(=O)O)C(C)C. The Kier molecular flexibility index (Phi) is 11.6. The molecule has 12 heteroatoms. The van der Waals surface area contributed by atoms with Crippen LogP contribution in [-0.2, 0) is 24.0 Å². The van der Waals surface area contributed by atoms with E-state index in [1.54, 1.807) is 13.8 Å². The summed E-state index contributed by atoms with van der Waals surface area (Å²) >= 11 is 0. The Morgan fingerprint density at radius 2 is 1.40 bits per heavy atom. The predicted octanol–water partition coefficient (Wildman–Crippen LogP) is -2.58. The van der Waals surface area contributed by atoms with Crippen LogP contribution in [0.4, 0.5) is 0 Å². The number of aliphatic hydroxyl groups is 1. The largest absolute Gasteiger partial charge is 0.480 e. The normalized spacial score (nSPS) is 15.1. The summed E-state index contributed by atoms with van der Waals surface area (Å²) in [5.41, 5.74) is 10.9. The molecule has 0 aliphatic carbocycles. The fourth-order valence-electron chi connectivity index (χ4n) is 2.54. The first-order chi connectivity index (χ1) is 13.8. The molecule has 0 bridgehead atoms. The third-order valence-corrected chi connectivity index (χ3v) is 4.14. The first kappa shape index (κ1) is 27.3. The van der Waals surface area contributed by atoms with Crippen molar-refractivity contribution in [3.8, 4) is 0 Å². The van der Waals surface area contributed by atoms with Gasteiger partial charge in [-0.25, -0.2) is 4.79 Å². The van der Waals surface area contributed by atoms with Gasteiger partial charge in [-0.15, -0.1) is 0 Å². The van der Waals surface area contributed by atoms with Gasteiger partial charge in [0.25, 0.3) is 0 Å². The molecule has 0 heterocycles. The highest BCUT2D eigenvalue weighted by Crippen LogP contribution is 2.06. The minimum atomic E-state index is -1.55. The molecule has 0 radical (unpaired) electrons. The number of carboxylic acids is 1. The van der Waals surface area contributed by atoms with Gasteiger partial charge in [-0.2, -0.15) is 0 Å². The molecule has 0 fully saturated rings. The highest BCUT2D eigenvalue weighted by molar-refractivity contribution is 5.96. The molecule has 0 saturated heterocycles. The summed E-state index contributed by atoms with van der Waals surface area (Å²) in [7, 11) is 0. The number of hydrogen-bond donors (Lipinski definition) is 7. The van der Waals surface area contributed by atoms with Gasteiger partial charge in [-0.1, -0.05) is 27.7 Å². The van der Waals surface area contributed by atoms with E-state index < -0.39 is 72.7 Å². The van der Waals surface area contributed by atoms with Gasteiger partial charge < -0.3 is 37.6 Å². The van der Waals surface area contributed by atoms with Crippen molar-refractivity contribution in [1.82, 2.24) is 16.0 Å². The summed E-state index contributed by atoms with van der Waals surface area (Å²) in [5.74, 6) is -5.01. The van der Waals surface area contributed by atoms with Crippen LogP contribution in [0.5, 0.6) is 0 Å². The standard InChI is InChI=1S/C18H33N5O7/c1-8(2)5-10(19)15(26)21-11(6-13(20)25)16(27)23-14(9(3)4)17(28)22-12(7-24)18(29)30/h8-12,14,24H,5-7,19H2,1-4H3,(H2,20,25)(H,21,26)(H,22,28)(H,23,27)(H,29,30). The topological polar surface area (TPSA) is 214 Å². The maximum absolute atomic E-state index is 12.6. The van der Waals surface area contributed by atoms with E-state index in [0.717, 1.165) is 0 Å². The Balaban J connectivity index is 5.36. The van der Waals surface area contributed by atoms with E-state index in [9.17, 15) is 24.0 Å². The van der Waals surface area contributed by atoms with Crippen molar-refractivity contribution in [2.24, 2.45) is 23.3 Å². The molecule has 4 unspecified atom stereocenters. The van der Waals surface area contributed by atoms with Gasteiger partial charge in [0, 0.05) is 0 Å². The van der Waals surface area contributed by atoms with Gasteiger partial charge >= 0.3 is 5.97 Å². The summed E-state index contributed by atoms with van der Waals surface area (Å²) in [6, 6.07) is -5.01. The van der Waals surface area contributed by atoms with Crippen molar-refractivity contribution in [2.75, 3.05) is 6.61 Å². The average Bonchev–Trinajstić information content (AvgIpc) is 2.61. The van der Waals surface area contributed by atoms with Crippen LogP contribution < -0.4 is 27.4 Å². The number of rotatable bonds is 13. The molecule has 172 valence electrons. The van der Waals surface area contributed by atoms with Crippen molar-refractivity contribution in [1.29, 1.82) is 0 Å². The van der Waals surface area contributed by atoms with E-state index in [0.29, 0.717) is 6.42 Å². The molecule has 0 spiro atoms. The van der Waals surface area contributed by atoms with E-state index in [4.69, 9.17) is 21.7 Å². The second-order valence-electron chi connectivity index (χ2n) is 7.78. The zero-order valence-electron chi connectivity index (χ0n) is 17.7. The lowest BCUT2D eigenvalue weighted by Gasteiger charge is -2.26. The summed E-state index contributed by atoms with van der Waals surface area (Å²) in [6.07, 6.45) is -0.168. The van der Waals surface area contributed by atoms with Crippen molar-refractivity contribution in [3.05, 3.63) is 0 Å². The van der Waals surface area contributed by atoms with E-state index in [1.807, 2.05) is 13.8 Å². The van der Waals surface area contributed by atoms with Crippen LogP contribution in [0.15, 0.2) is 0 Å². The Morgan fingerprint density at radius 3 is 1.80 bits per heavy atom. The molecule has 0 aromatic carbocycles. The number of amides is 4. The van der Waals surface area contributed by atoms with Crippen LogP contribution in [0.2, 0.25) is 0 Å². The van der Waals surface area contributed by atoms with Gasteiger partial charge in [0.05, 0.1) is 19.1 Å². The Bertz CT molecular complexity index is 638. The molecule has 30 heavy (non-hydrogen) atoms. The van der Waals surface area contributed by atoms with Crippen molar-refractivity contribution in [3.63, 3.8) is 0 Å². The minimum absolute atomic E-state index is 0.122.